The molecule has 2 rings (SSSR count). The van der Waals surface area contributed by atoms with Crippen LogP contribution in [0.5, 0.6) is 0 Å². The van der Waals surface area contributed by atoms with Crippen LogP contribution in [0.1, 0.15) is 34.6 Å². The van der Waals surface area contributed by atoms with Crippen LogP contribution in [-0.2, 0) is 9.53 Å². The normalized spacial score (nSPS) is 10.1. The smallest absolute Gasteiger partial charge is 0.340 e. The van der Waals surface area contributed by atoms with Gasteiger partial charge in [-0.15, -0.1) is 0 Å². The molecule has 0 fully saturated rings. The summed E-state index contributed by atoms with van der Waals surface area (Å²) in [6.45, 7) is 3.82. The van der Waals surface area contributed by atoms with E-state index in [1.807, 2.05) is 0 Å². The monoisotopic (exact) mass is 355 g/mol. The molecule has 0 aliphatic rings. The number of carbonyl (C=O) groups is 3. The van der Waals surface area contributed by atoms with Crippen LogP contribution in [0.3, 0.4) is 0 Å². The van der Waals surface area contributed by atoms with E-state index in [1.54, 1.807) is 49.5 Å². The highest BCUT2D eigenvalue weighted by Crippen LogP contribution is 2.21. The highest BCUT2D eigenvalue weighted by molar-refractivity contribution is 6.02. The van der Waals surface area contributed by atoms with Crippen molar-refractivity contribution in [1.29, 1.82) is 0 Å². The lowest BCUT2D eigenvalue weighted by molar-refractivity contribution is -0.116. The largest absolute Gasteiger partial charge is 0.462 e. The summed E-state index contributed by atoms with van der Waals surface area (Å²) in [5.74, 6) is -1.01. The molecule has 136 valence electrons. The van der Waals surface area contributed by atoms with Gasteiger partial charge in [-0.1, -0.05) is 12.1 Å². The van der Waals surface area contributed by atoms with E-state index in [4.69, 9.17) is 4.74 Å². The first-order valence-electron chi connectivity index (χ1n) is 8.27. The molecule has 7 nitrogen and oxygen atoms in total. The minimum absolute atomic E-state index is 0.220. The van der Waals surface area contributed by atoms with Crippen molar-refractivity contribution < 1.29 is 19.1 Å². The molecule has 0 aliphatic heterocycles. The third-order valence-electron chi connectivity index (χ3n) is 3.61. The van der Waals surface area contributed by atoms with Gasteiger partial charge in [-0.25, -0.2) is 4.79 Å². The highest BCUT2D eigenvalue weighted by atomic mass is 16.5. The molecule has 0 unspecified atom stereocenters. The van der Waals surface area contributed by atoms with E-state index in [0.717, 1.165) is 0 Å². The second-order valence-electron chi connectivity index (χ2n) is 5.41. The second-order valence-corrected chi connectivity index (χ2v) is 5.41. The Labute approximate surface area is 152 Å². The van der Waals surface area contributed by atoms with Crippen molar-refractivity contribution >= 4 is 23.5 Å². The average Bonchev–Trinajstić information content (AvgIpc) is 2.65. The zero-order chi connectivity index (χ0) is 18.9. The highest BCUT2D eigenvalue weighted by Gasteiger charge is 2.20. The quantitative estimate of drug-likeness (QED) is 0.768. The summed E-state index contributed by atoms with van der Waals surface area (Å²) in [5.41, 5.74) is 1.20. The number of para-hydroxylation sites is 1. The van der Waals surface area contributed by atoms with E-state index in [2.05, 4.69) is 10.3 Å². The maximum Gasteiger partial charge on any atom is 0.340 e. The molecule has 0 saturated heterocycles. The van der Waals surface area contributed by atoms with Crippen molar-refractivity contribution in [3.63, 3.8) is 0 Å². The molecule has 0 radical (unpaired) electrons. The molecule has 0 saturated carbocycles. The maximum atomic E-state index is 12.1. The number of carbonyl (C=O) groups excluding carboxylic acids is 3. The third-order valence-corrected chi connectivity index (χ3v) is 3.61. The van der Waals surface area contributed by atoms with Gasteiger partial charge >= 0.3 is 5.97 Å². The first-order valence-corrected chi connectivity index (χ1v) is 8.27. The fraction of sp³-hybridized carbons (Fsp3) is 0.263. The van der Waals surface area contributed by atoms with Gasteiger partial charge in [-0.2, -0.15) is 0 Å². The van der Waals surface area contributed by atoms with Crippen LogP contribution in [-0.4, -0.2) is 42.5 Å². The van der Waals surface area contributed by atoms with Gasteiger partial charge in [0.15, 0.2) is 0 Å². The Bertz CT molecular complexity index is 777. The number of aromatic nitrogens is 1. The predicted molar refractivity (Wildman–Crippen MR) is 97.0 cm³/mol. The number of pyridine rings is 1. The van der Waals surface area contributed by atoms with Crippen LogP contribution < -0.4 is 10.2 Å². The van der Waals surface area contributed by atoms with Crippen LogP contribution in [0.25, 0.3) is 0 Å². The summed E-state index contributed by atoms with van der Waals surface area (Å²) < 4.78 is 5.05. The molecule has 0 bridgehead atoms. The Morgan fingerprint density at radius 2 is 1.92 bits per heavy atom. The van der Waals surface area contributed by atoms with E-state index in [0.29, 0.717) is 16.8 Å². The van der Waals surface area contributed by atoms with Crippen LogP contribution in [0.2, 0.25) is 0 Å². The number of benzene rings is 1. The number of amides is 2. The Kier molecular flexibility index (Phi) is 6.84. The van der Waals surface area contributed by atoms with Crippen molar-refractivity contribution in [2.75, 3.05) is 24.6 Å². The van der Waals surface area contributed by atoms with Crippen LogP contribution in [0, 0.1) is 0 Å². The lowest BCUT2D eigenvalue weighted by atomic mass is 10.1. The Morgan fingerprint density at radius 3 is 2.58 bits per heavy atom. The average molecular weight is 355 g/mol. The zero-order valence-corrected chi connectivity index (χ0v) is 14.8. The molecule has 0 aliphatic carbocycles. The number of esters is 1. The van der Waals surface area contributed by atoms with Gasteiger partial charge in [0.1, 0.15) is 0 Å². The Morgan fingerprint density at radius 1 is 1.15 bits per heavy atom. The Hall–Kier alpha value is -3.22. The van der Waals surface area contributed by atoms with Gasteiger partial charge in [-0.3, -0.25) is 14.6 Å². The van der Waals surface area contributed by atoms with Gasteiger partial charge in [-0.05, 0) is 31.2 Å². The first kappa shape index (κ1) is 19.1. The summed E-state index contributed by atoms with van der Waals surface area (Å²) in [5, 5.41) is 2.74. The number of rotatable bonds is 7. The van der Waals surface area contributed by atoms with E-state index in [-0.39, 0.29) is 31.5 Å². The standard InChI is InChI=1S/C19H21N3O4/c1-3-26-19(25)16-8-4-5-9-17(16)22(14(2)23)12-11-21-18(24)15-7-6-10-20-13-15/h4-10,13H,3,11-12H2,1-2H3,(H,21,24). The minimum Gasteiger partial charge on any atom is -0.462 e. The van der Waals surface area contributed by atoms with Crippen molar-refractivity contribution in [3.8, 4) is 0 Å². The van der Waals surface area contributed by atoms with Gasteiger partial charge in [0.05, 0.1) is 23.4 Å². The molecule has 1 heterocycles. The SMILES string of the molecule is CCOC(=O)c1ccccc1N(CCNC(=O)c1cccnc1)C(C)=O. The molecule has 26 heavy (non-hydrogen) atoms. The number of hydrogen-bond acceptors (Lipinski definition) is 5. The molecule has 1 N–H and O–H groups in total. The molecule has 0 spiro atoms. The number of hydrogen-bond donors (Lipinski definition) is 1. The number of nitrogens with one attached hydrogen (secondary N) is 1. The van der Waals surface area contributed by atoms with E-state index in [1.165, 1.54) is 18.0 Å². The van der Waals surface area contributed by atoms with Gasteiger partial charge < -0.3 is 15.0 Å². The molecule has 7 heteroatoms. The topological polar surface area (TPSA) is 88.6 Å². The second kappa shape index (κ2) is 9.31. The summed E-state index contributed by atoms with van der Waals surface area (Å²) in [7, 11) is 0. The van der Waals surface area contributed by atoms with E-state index < -0.39 is 5.97 Å². The molecular formula is C19H21N3O4. The summed E-state index contributed by atoms with van der Waals surface area (Å²) in [6.07, 6.45) is 3.05. The fourth-order valence-electron chi connectivity index (χ4n) is 2.42. The molecule has 1 aromatic heterocycles. The molecule has 0 atom stereocenters. The molecule has 1 aromatic carbocycles. The summed E-state index contributed by atoms with van der Waals surface area (Å²) >= 11 is 0. The van der Waals surface area contributed by atoms with Crippen molar-refractivity contribution in [1.82, 2.24) is 10.3 Å². The van der Waals surface area contributed by atoms with Crippen LogP contribution in [0.4, 0.5) is 5.69 Å². The predicted octanol–water partition coefficient (Wildman–Crippen LogP) is 2.04. The lowest BCUT2D eigenvalue weighted by Gasteiger charge is -2.23. The van der Waals surface area contributed by atoms with E-state index >= 15 is 0 Å². The number of ether oxygens (including phenoxy) is 1. The van der Waals surface area contributed by atoms with Crippen LogP contribution >= 0.6 is 0 Å². The zero-order valence-electron chi connectivity index (χ0n) is 14.8. The van der Waals surface area contributed by atoms with E-state index in [9.17, 15) is 14.4 Å². The molecule has 2 aromatic rings. The van der Waals surface area contributed by atoms with Crippen molar-refractivity contribution in [2.24, 2.45) is 0 Å². The van der Waals surface area contributed by atoms with Crippen LogP contribution in [0.15, 0.2) is 48.8 Å². The van der Waals surface area contributed by atoms with Gasteiger partial charge in [0.25, 0.3) is 5.91 Å². The summed E-state index contributed by atoms with van der Waals surface area (Å²) in [4.78, 5) is 41.6. The number of nitrogens with zero attached hydrogens (tertiary/aromatic N) is 2. The number of anilines is 1. The summed E-state index contributed by atoms with van der Waals surface area (Å²) in [6, 6.07) is 10.1. The molecule has 2 amide bonds. The lowest BCUT2D eigenvalue weighted by Crippen LogP contribution is -2.38. The van der Waals surface area contributed by atoms with Crippen molar-refractivity contribution in [2.45, 2.75) is 13.8 Å². The maximum absolute atomic E-state index is 12.1. The van der Waals surface area contributed by atoms with Gasteiger partial charge in [0, 0.05) is 32.4 Å². The minimum atomic E-state index is -0.492. The van der Waals surface area contributed by atoms with Crippen molar-refractivity contribution in [3.05, 3.63) is 59.9 Å². The fourth-order valence-corrected chi connectivity index (χ4v) is 2.42. The first-order chi connectivity index (χ1) is 12.5. The Balaban J connectivity index is 2.09. The van der Waals surface area contributed by atoms with Gasteiger partial charge in [0.2, 0.25) is 5.91 Å². The molecular weight excluding hydrogens is 334 g/mol. The third kappa shape index (κ3) is 4.89.